The molecule has 0 spiro atoms. The summed E-state index contributed by atoms with van der Waals surface area (Å²) in [5.74, 6) is 0.468. The number of primary amides is 1. The minimum absolute atomic E-state index is 0.275. The summed E-state index contributed by atoms with van der Waals surface area (Å²) in [6.45, 7) is 2.06. The van der Waals surface area contributed by atoms with Crippen molar-refractivity contribution in [2.75, 3.05) is 5.75 Å². The third-order valence-corrected chi connectivity index (χ3v) is 4.72. The summed E-state index contributed by atoms with van der Waals surface area (Å²) in [6.07, 6.45) is 2.04. The van der Waals surface area contributed by atoms with Crippen molar-refractivity contribution in [1.29, 1.82) is 0 Å². The van der Waals surface area contributed by atoms with Crippen LogP contribution in [-0.4, -0.2) is 17.2 Å². The van der Waals surface area contributed by atoms with E-state index in [0.717, 1.165) is 12.8 Å². The van der Waals surface area contributed by atoms with Crippen LogP contribution in [-0.2, 0) is 4.79 Å². The highest BCUT2D eigenvalue weighted by atomic mass is 32.2. The molecule has 4 N–H and O–H groups in total. The number of rotatable bonds is 5. The molecule has 92 valence electrons. The van der Waals surface area contributed by atoms with Crippen LogP contribution in [0.4, 0.5) is 0 Å². The molecule has 1 aliphatic rings. The van der Waals surface area contributed by atoms with Crippen LogP contribution >= 0.6 is 11.8 Å². The van der Waals surface area contributed by atoms with E-state index < -0.39 is 5.54 Å². The molecule has 1 aromatic carbocycles. The summed E-state index contributed by atoms with van der Waals surface area (Å²) in [6, 6.07) is 8.11. The molecule has 1 amide bonds. The van der Waals surface area contributed by atoms with Crippen molar-refractivity contribution in [2.24, 2.45) is 17.4 Å². The lowest BCUT2D eigenvalue weighted by Crippen LogP contribution is -2.56. The normalized spacial score (nSPS) is 18.7. The number of thioether (sulfide) groups is 1. The maximum Gasteiger partial charge on any atom is 0.238 e. The number of carbonyl (C=O) groups excluding carboxylic acids is 1. The van der Waals surface area contributed by atoms with Crippen LogP contribution in [0.25, 0.3) is 0 Å². The lowest BCUT2D eigenvalue weighted by Gasteiger charge is -2.25. The highest BCUT2D eigenvalue weighted by Crippen LogP contribution is 2.41. The summed E-state index contributed by atoms with van der Waals surface area (Å²) in [4.78, 5) is 12.7. The van der Waals surface area contributed by atoms with E-state index in [2.05, 4.69) is 13.0 Å². The van der Waals surface area contributed by atoms with Crippen LogP contribution in [0.3, 0.4) is 0 Å². The summed E-state index contributed by atoms with van der Waals surface area (Å²) in [5.41, 5.74) is 12.0. The molecule has 1 atom stereocenters. The first kappa shape index (κ1) is 12.5. The van der Waals surface area contributed by atoms with E-state index in [0.29, 0.717) is 5.75 Å². The molecular formula is C13H18N2OS. The van der Waals surface area contributed by atoms with Crippen molar-refractivity contribution in [1.82, 2.24) is 0 Å². The van der Waals surface area contributed by atoms with Crippen molar-refractivity contribution in [3.63, 3.8) is 0 Å². The Balaban J connectivity index is 2.06. The summed E-state index contributed by atoms with van der Waals surface area (Å²) < 4.78 is 0. The minimum atomic E-state index is -0.840. The van der Waals surface area contributed by atoms with Gasteiger partial charge in [-0.3, -0.25) is 4.79 Å². The predicted octanol–water partition coefficient (Wildman–Crippen LogP) is 1.68. The molecule has 1 saturated carbocycles. The molecule has 2 rings (SSSR count). The van der Waals surface area contributed by atoms with Gasteiger partial charge < -0.3 is 11.5 Å². The molecule has 4 heteroatoms. The predicted molar refractivity (Wildman–Crippen MR) is 70.7 cm³/mol. The van der Waals surface area contributed by atoms with E-state index in [1.54, 1.807) is 11.8 Å². The lowest BCUT2D eigenvalue weighted by molar-refractivity contribution is -0.123. The first-order valence-electron chi connectivity index (χ1n) is 5.81. The van der Waals surface area contributed by atoms with Crippen molar-refractivity contribution in [3.05, 3.63) is 29.8 Å². The van der Waals surface area contributed by atoms with Gasteiger partial charge in [0.2, 0.25) is 5.91 Å². The van der Waals surface area contributed by atoms with Gasteiger partial charge in [0.25, 0.3) is 0 Å². The Morgan fingerprint density at radius 2 is 2.12 bits per heavy atom. The highest BCUT2D eigenvalue weighted by molar-refractivity contribution is 7.99. The third-order valence-electron chi connectivity index (χ3n) is 3.32. The van der Waals surface area contributed by atoms with Gasteiger partial charge in [-0.15, -0.1) is 11.8 Å². The number of aryl methyl sites for hydroxylation is 1. The maximum atomic E-state index is 11.5. The Hall–Kier alpha value is -1.00. The zero-order chi connectivity index (χ0) is 12.5. The number of amides is 1. The van der Waals surface area contributed by atoms with Gasteiger partial charge in [0.15, 0.2) is 0 Å². The second-order valence-corrected chi connectivity index (χ2v) is 5.75. The van der Waals surface area contributed by atoms with Gasteiger partial charge in [0.05, 0.1) is 0 Å². The Bertz CT molecular complexity index is 431. The van der Waals surface area contributed by atoms with Gasteiger partial charge in [-0.2, -0.15) is 0 Å². The summed E-state index contributed by atoms with van der Waals surface area (Å²) in [7, 11) is 0. The average molecular weight is 250 g/mol. The molecule has 0 saturated heterocycles. The fraction of sp³-hybridized carbons (Fsp3) is 0.462. The molecule has 0 aliphatic heterocycles. The van der Waals surface area contributed by atoms with E-state index in [9.17, 15) is 4.79 Å². The van der Waals surface area contributed by atoms with Crippen LogP contribution in [0, 0.1) is 12.8 Å². The number of hydrogen-bond acceptors (Lipinski definition) is 3. The van der Waals surface area contributed by atoms with Crippen LogP contribution < -0.4 is 11.5 Å². The van der Waals surface area contributed by atoms with Gasteiger partial charge >= 0.3 is 0 Å². The Morgan fingerprint density at radius 1 is 1.47 bits per heavy atom. The van der Waals surface area contributed by atoms with Gasteiger partial charge in [0.1, 0.15) is 5.54 Å². The standard InChI is InChI=1S/C13H18N2OS/c1-9-4-2-3-5-11(9)17-8-13(15,12(14)16)10-6-7-10/h2-5,10H,6-8,15H2,1H3,(H2,14,16). The van der Waals surface area contributed by atoms with Crippen LogP contribution in [0.5, 0.6) is 0 Å². The summed E-state index contributed by atoms with van der Waals surface area (Å²) >= 11 is 1.62. The van der Waals surface area contributed by atoms with E-state index in [-0.39, 0.29) is 11.8 Å². The molecule has 1 unspecified atom stereocenters. The second kappa shape index (κ2) is 4.70. The Kier molecular flexibility index (Phi) is 3.45. The topological polar surface area (TPSA) is 69.1 Å². The smallest absolute Gasteiger partial charge is 0.238 e. The molecule has 17 heavy (non-hydrogen) atoms. The molecule has 0 aromatic heterocycles. The number of carbonyl (C=O) groups is 1. The zero-order valence-corrected chi connectivity index (χ0v) is 10.8. The van der Waals surface area contributed by atoms with Crippen molar-refractivity contribution < 1.29 is 4.79 Å². The number of nitrogens with two attached hydrogens (primary N) is 2. The van der Waals surface area contributed by atoms with E-state index in [4.69, 9.17) is 11.5 Å². The van der Waals surface area contributed by atoms with Crippen molar-refractivity contribution in [2.45, 2.75) is 30.2 Å². The molecule has 1 aromatic rings. The molecule has 0 heterocycles. The lowest BCUT2D eigenvalue weighted by atomic mass is 9.96. The second-order valence-electron chi connectivity index (χ2n) is 4.73. The monoisotopic (exact) mass is 250 g/mol. The number of benzene rings is 1. The van der Waals surface area contributed by atoms with Gasteiger partial charge in [-0.25, -0.2) is 0 Å². The van der Waals surface area contributed by atoms with Crippen molar-refractivity contribution in [3.8, 4) is 0 Å². The number of hydrogen-bond donors (Lipinski definition) is 2. The van der Waals surface area contributed by atoms with E-state index in [1.165, 1.54) is 10.5 Å². The van der Waals surface area contributed by atoms with Crippen LogP contribution in [0.1, 0.15) is 18.4 Å². The molecule has 3 nitrogen and oxygen atoms in total. The first-order chi connectivity index (χ1) is 8.04. The average Bonchev–Trinajstić information content (AvgIpc) is 3.11. The highest BCUT2D eigenvalue weighted by Gasteiger charge is 2.46. The fourth-order valence-corrected chi connectivity index (χ4v) is 3.15. The molecule has 1 aliphatic carbocycles. The van der Waals surface area contributed by atoms with Gasteiger partial charge in [0, 0.05) is 10.6 Å². The Morgan fingerprint density at radius 3 is 2.65 bits per heavy atom. The maximum absolute atomic E-state index is 11.5. The first-order valence-corrected chi connectivity index (χ1v) is 6.80. The SMILES string of the molecule is Cc1ccccc1SCC(N)(C(N)=O)C1CC1. The van der Waals surface area contributed by atoms with Gasteiger partial charge in [-0.05, 0) is 37.3 Å². The van der Waals surface area contributed by atoms with Crippen LogP contribution in [0.15, 0.2) is 29.2 Å². The van der Waals surface area contributed by atoms with Crippen molar-refractivity contribution >= 4 is 17.7 Å². The third kappa shape index (κ3) is 2.64. The van der Waals surface area contributed by atoms with Crippen LogP contribution in [0.2, 0.25) is 0 Å². The molecule has 1 fully saturated rings. The molecule has 0 bridgehead atoms. The molecular weight excluding hydrogens is 232 g/mol. The molecule has 0 radical (unpaired) electrons. The Labute approximate surface area is 106 Å². The minimum Gasteiger partial charge on any atom is -0.368 e. The summed E-state index contributed by atoms with van der Waals surface area (Å²) in [5, 5.41) is 0. The zero-order valence-electron chi connectivity index (χ0n) is 9.98. The van der Waals surface area contributed by atoms with Gasteiger partial charge in [-0.1, -0.05) is 18.2 Å². The van der Waals surface area contributed by atoms with E-state index in [1.807, 2.05) is 18.2 Å². The quantitative estimate of drug-likeness (QED) is 0.781. The largest absolute Gasteiger partial charge is 0.368 e. The fourth-order valence-electron chi connectivity index (χ4n) is 1.90. The van der Waals surface area contributed by atoms with E-state index >= 15 is 0 Å².